The number of nitrogens with zero attached hydrogens (tertiary/aromatic N) is 3. The summed E-state index contributed by atoms with van der Waals surface area (Å²) in [6.45, 7) is 2.44. The highest BCUT2D eigenvalue weighted by Crippen LogP contribution is 2.44. The number of carbonyl (C=O) groups excluding carboxylic acids is 2. The number of anilines is 2. The lowest BCUT2D eigenvalue weighted by Crippen LogP contribution is -2.22. The minimum Gasteiger partial charge on any atom is -0.444 e. The molecule has 1 aliphatic carbocycles. The number of amides is 2. The number of pyridine rings is 3. The second-order valence-corrected chi connectivity index (χ2v) is 7.69. The summed E-state index contributed by atoms with van der Waals surface area (Å²) >= 11 is 0. The number of aryl methyl sites for hydroxylation is 1. The first-order chi connectivity index (χ1) is 14.5. The standard InChI is InChI=1S/C21H20N6O3/c1-10-2-3-23-7-14(10)16-4-11-5-18(24-8-15(11)19(22)26-16)27-20(28)13-6-12(13)17-9-25-21(29)30-17/h2-5,7-8,12-13,17H,6,9H2,1H3,(H2,22,26)(H,25,29)(H,24,27,28)/t12-,13-,17?/m0/s1. The maximum absolute atomic E-state index is 12.6. The average Bonchev–Trinajstić information content (AvgIpc) is 3.42. The second kappa shape index (κ2) is 6.94. The van der Waals surface area contributed by atoms with Gasteiger partial charge < -0.3 is 21.1 Å². The largest absolute Gasteiger partial charge is 0.444 e. The van der Waals surface area contributed by atoms with Gasteiger partial charge in [0.05, 0.1) is 12.2 Å². The van der Waals surface area contributed by atoms with Crippen LogP contribution in [0, 0.1) is 18.8 Å². The van der Waals surface area contributed by atoms with Gasteiger partial charge in [-0.05, 0) is 42.5 Å². The Morgan fingerprint density at radius 3 is 2.97 bits per heavy atom. The summed E-state index contributed by atoms with van der Waals surface area (Å²) < 4.78 is 5.18. The van der Waals surface area contributed by atoms with Crippen LogP contribution in [0.5, 0.6) is 0 Å². The molecule has 4 heterocycles. The van der Waals surface area contributed by atoms with Crippen LogP contribution in [0.15, 0.2) is 36.8 Å². The monoisotopic (exact) mass is 404 g/mol. The van der Waals surface area contributed by atoms with Gasteiger partial charge in [-0.1, -0.05) is 0 Å². The Hall–Kier alpha value is -3.75. The number of hydrogen-bond acceptors (Lipinski definition) is 7. The number of nitrogen functional groups attached to an aromatic ring is 1. The van der Waals surface area contributed by atoms with Crippen molar-refractivity contribution in [2.24, 2.45) is 11.8 Å². The van der Waals surface area contributed by atoms with Gasteiger partial charge >= 0.3 is 6.09 Å². The van der Waals surface area contributed by atoms with Crippen molar-refractivity contribution in [2.75, 3.05) is 17.6 Å². The van der Waals surface area contributed by atoms with Crippen LogP contribution in [0.3, 0.4) is 0 Å². The van der Waals surface area contributed by atoms with E-state index in [-0.39, 0.29) is 23.8 Å². The van der Waals surface area contributed by atoms with Crippen molar-refractivity contribution >= 4 is 34.4 Å². The van der Waals surface area contributed by atoms with Crippen molar-refractivity contribution in [3.63, 3.8) is 0 Å². The average molecular weight is 404 g/mol. The van der Waals surface area contributed by atoms with E-state index in [0.29, 0.717) is 35.7 Å². The van der Waals surface area contributed by atoms with E-state index in [1.165, 1.54) is 0 Å². The number of carbonyl (C=O) groups is 2. The zero-order valence-corrected chi connectivity index (χ0v) is 16.3. The quantitative estimate of drug-likeness (QED) is 0.607. The molecule has 3 aromatic heterocycles. The molecule has 2 aliphatic rings. The van der Waals surface area contributed by atoms with Crippen LogP contribution >= 0.6 is 0 Å². The van der Waals surface area contributed by atoms with Gasteiger partial charge in [-0.3, -0.25) is 9.78 Å². The minimum absolute atomic E-state index is 0.0457. The van der Waals surface area contributed by atoms with E-state index in [0.717, 1.165) is 16.5 Å². The number of cyclic esters (lactones) is 1. The van der Waals surface area contributed by atoms with Gasteiger partial charge in [0.25, 0.3) is 0 Å². The summed E-state index contributed by atoms with van der Waals surface area (Å²) in [7, 11) is 0. The van der Waals surface area contributed by atoms with Gasteiger partial charge in [0.15, 0.2) is 0 Å². The zero-order valence-electron chi connectivity index (χ0n) is 16.3. The number of rotatable bonds is 4. The van der Waals surface area contributed by atoms with E-state index in [4.69, 9.17) is 10.5 Å². The first-order valence-electron chi connectivity index (χ1n) is 9.72. The van der Waals surface area contributed by atoms with Crippen molar-refractivity contribution in [1.82, 2.24) is 20.3 Å². The fourth-order valence-corrected chi connectivity index (χ4v) is 3.90. The van der Waals surface area contributed by atoms with Crippen molar-refractivity contribution < 1.29 is 14.3 Å². The van der Waals surface area contributed by atoms with Gasteiger partial charge in [0, 0.05) is 41.4 Å². The third-order valence-electron chi connectivity index (χ3n) is 5.67. The lowest BCUT2D eigenvalue weighted by atomic mass is 10.1. The van der Waals surface area contributed by atoms with Crippen LogP contribution in [0.4, 0.5) is 16.4 Å². The number of aromatic nitrogens is 3. The van der Waals surface area contributed by atoms with Crippen molar-refractivity contribution in [2.45, 2.75) is 19.4 Å². The van der Waals surface area contributed by atoms with E-state index in [1.54, 1.807) is 24.7 Å². The minimum atomic E-state index is -0.423. The molecule has 30 heavy (non-hydrogen) atoms. The third-order valence-corrected chi connectivity index (χ3v) is 5.67. The number of nitrogens with two attached hydrogens (primary N) is 1. The fraction of sp³-hybridized carbons (Fsp3) is 0.286. The first-order valence-corrected chi connectivity index (χ1v) is 9.72. The Morgan fingerprint density at radius 1 is 1.33 bits per heavy atom. The van der Waals surface area contributed by atoms with E-state index in [9.17, 15) is 9.59 Å². The summed E-state index contributed by atoms with van der Waals surface area (Å²) in [5.41, 5.74) is 8.80. The molecule has 2 amide bonds. The molecule has 1 aliphatic heterocycles. The number of hydrogen-bond donors (Lipinski definition) is 3. The molecule has 3 atom stereocenters. The molecule has 2 fully saturated rings. The number of nitrogens with one attached hydrogen (secondary N) is 2. The first kappa shape index (κ1) is 18.3. The molecule has 0 aromatic carbocycles. The Labute approximate surface area is 172 Å². The highest BCUT2D eigenvalue weighted by Gasteiger charge is 2.51. The van der Waals surface area contributed by atoms with Gasteiger partial charge in [-0.25, -0.2) is 14.8 Å². The maximum atomic E-state index is 12.6. The lowest BCUT2D eigenvalue weighted by molar-refractivity contribution is -0.117. The Bertz CT molecular complexity index is 1180. The summed E-state index contributed by atoms with van der Waals surface area (Å²) in [6.07, 6.45) is 5.13. The van der Waals surface area contributed by atoms with Crippen LogP contribution in [0.1, 0.15) is 12.0 Å². The molecule has 0 spiro atoms. The summed E-state index contributed by atoms with van der Waals surface area (Å²) in [4.78, 5) is 36.8. The molecule has 9 heteroatoms. The molecule has 9 nitrogen and oxygen atoms in total. The van der Waals surface area contributed by atoms with Gasteiger partial charge in [0.1, 0.15) is 17.7 Å². The number of fused-ring (bicyclic) bond motifs is 1. The van der Waals surface area contributed by atoms with Crippen molar-refractivity contribution in [1.29, 1.82) is 0 Å². The second-order valence-electron chi connectivity index (χ2n) is 7.69. The molecule has 152 valence electrons. The molecular weight excluding hydrogens is 384 g/mol. The molecule has 5 rings (SSSR count). The van der Waals surface area contributed by atoms with Crippen molar-refractivity contribution in [3.05, 3.63) is 42.4 Å². The summed E-state index contributed by atoms with van der Waals surface area (Å²) in [5, 5.41) is 7.03. The van der Waals surface area contributed by atoms with Gasteiger partial charge in [-0.2, -0.15) is 0 Å². The van der Waals surface area contributed by atoms with Crippen LogP contribution in [0.2, 0.25) is 0 Å². The van der Waals surface area contributed by atoms with E-state index < -0.39 is 6.09 Å². The molecule has 0 bridgehead atoms. The molecule has 1 saturated carbocycles. The van der Waals surface area contributed by atoms with E-state index in [2.05, 4.69) is 25.6 Å². The highest BCUT2D eigenvalue weighted by atomic mass is 16.6. The summed E-state index contributed by atoms with van der Waals surface area (Å²) in [5.74, 6) is 0.550. The molecular formula is C21H20N6O3. The van der Waals surface area contributed by atoms with Crippen LogP contribution in [0.25, 0.3) is 22.0 Å². The predicted octanol–water partition coefficient (Wildman–Crippen LogP) is 2.27. The van der Waals surface area contributed by atoms with Crippen LogP contribution in [-0.4, -0.2) is 39.6 Å². The Morgan fingerprint density at radius 2 is 2.20 bits per heavy atom. The molecule has 3 aromatic rings. The SMILES string of the molecule is Cc1ccncc1-c1cc2cc(NC(=O)[C@H]3C[C@@H]3C3CNC(=O)O3)ncc2c(N)n1. The zero-order chi connectivity index (χ0) is 20.8. The Balaban J connectivity index is 1.37. The van der Waals surface area contributed by atoms with E-state index in [1.807, 2.05) is 19.1 Å². The normalized spacial score (nSPS) is 22.4. The van der Waals surface area contributed by atoms with Crippen molar-refractivity contribution in [3.8, 4) is 11.3 Å². The molecule has 0 radical (unpaired) electrons. The molecule has 1 saturated heterocycles. The molecule has 1 unspecified atom stereocenters. The number of alkyl carbamates (subject to hydrolysis) is 1. The van der Waals surface area contributed by atoms with Crippen LogP contribution < -0.4 is 16.4 Å². The fourth-order valence-electron chi connectivity index (χ4n) is 3.90. The predicted molar refractivity (Wildman–Crippen MR) is 110 cm³/mol. The summed E-state index contributed by atoms with van der Waals surface area (Å²) in [6, 6.07) is 5.62. The third kappa shape index (κ3) is 3.28. The smallest absolute Gasteiger partial charge is 0.407 e. The van der Waals surface area contributed by atoms with Gasteiger partial charge in [-0.15, -0.1) is 0 Å². The highest BCUT2D eigenvalue weighted by molar-refractivity contribution is 5.98. The Kier molecular flexibility index (Phi) is 4.23. The lowest BCUT2D eigenvalue weighted by Gasteiger charge is -2.10. The van der Waals surface area contributed by atoms with E-state index >= 15 is 0 Å². The van der Waals surface area contributed by atoms with Gasteiger partial charge in [0.2, 0.25) is 5.91 Å². The van der Waals surface area contributed by atoms with Crippen LogP contribution in [-0.2, 0) is 9.53 Å². The topological polar surface area (TPSA) is 132 Å². The number of ether oxygens (including phenoxy) is 1. The maximum Gasteiger partial charge on any atom is 0.407 e. The molecule has 4 N–H and O–H groups in total.